The average molecular weight is 406 g/mol. The number of nitrogens with one attached hydrogen (secondary N) is 1. The van der Waals surface area contributed by atoms with E-state index in [9.17, 15) is 0 Å². The smallest absolute Gasteiger partial charge is 0.189 e. The van der Waals surface area contributed by atoms with Gasteiger partial charge in [0.15, 0.2) is 17.3 Å². The minimum Gasteiger partial charge on any atom is -0.492 e. The van der Waals surface area contributed by atoms with Crippen molar-refractivity contribution < 1.29 is 4.74 Å². The molecule has 31 heavy (non-hydrogen) atoms. The Hall–Kier alpha value is -4.44. The second kappa shape index (κ2) is 7.43. The number of aromatic amines is 1. The lowest BCUT2D eigenvalue weighted by Gasteiger charge is -2.05. The fraction of sp³-hybridized carbons (Fsp3) is 0.0833. The molecular weight excluding hydrogens is 388 g/mol. The van der Waals surface area contributed by atoms with E-state index in [1.54, 1.807) is 30.1 Å². The summed E-state index contributed by atoms with van der Waals surface area (Å²) in [6.07, 6.45) is 3.61. The predicted octanol–water partition coefficient (Wildman–Crippen LogP) is 5.25. The number of nitrogens with zero attached hydrogens (tertiary/aromatic N) is 5. The van der Waals surface area contributed by atoms with Crippen LogP contribution in [0.2, 0.25) is 0 Å². The number of hydrogen-bond acceptors (Lipinski definition) is 4. The summed E-state index contributed by atoms with van der Waals surface area (Å²) in [6.45, 7) is 7.21. The molecule has 2 aromatic carbocycles. The molecule has 0 aliphatic heterocycles. The summed E-state index contributed by atoms with van der Waals surface area (Å²) in [4.78, 5) is 15.6. The number of ether oxygens (including phenoxy) is 1. The third-order valence-electron chi connectivity index (χ3n) is 5.18. The molecule has 0 radical (unpaired) electrons. The monoisotopic (exact) mass is 406 g/mol. The summed E-state index contributed by atoms with van der Waals surface area (Å²) in [5.74, 6) is 1.28. The predicted molar refractivity (Wildman–Crippen MR) is 120 cm³/mol. The molecule has 0 aliphatic rings. The van der Waals surface area contributed by atoms with Gasteiger partial charge in [0.1, 0.15) is 11.4 Å². The molecule has 0 saturated carbocycles. The Morgan fingerprint density at radius 3 is 2.55 bits per heavy atom. The average Bonchev–Trinajstić information content (AvgIpc) is 3.39. The first-order valence-electron chi connectivity index (χ1n) is 9.67. The first-order valence-corrected chi connectivity index (χ1v) is 9.67. The molecule has 0 atom stereocenters. The number of benzene rings is 2. The van der Waals surface area contributed by atoms with Crippen molar-refractivity contribution in [3.05, 3.63) is 78.4 Å². The minimum atomic E-state index is 0.553. The van der Waals surface area contributed by atoms with Gasteiger partial charge in [-0.25, -0.2) is 9.83 Å². The molecule has 150 valence electrons. The van der Waals surface area contributed by atoms with E-state index in [1.165, 1.54) is 0 Å². The van der Waals surface area contributed by atoms with E-state index in [-0.39, 0.29) is 0 Å². The van der Waals surface area contributed by atoms with Crippen LogP contribution < -0.4 is 4.74 Å². The fourth-order valence-electron chi connectivity index (χ4n) is 3.68. The highest BCUT2D eigenvalue weighted by molar-refractivity contribution is 5.85. The third-order valence-corrected chi connectivity index (χ3v) is 5.18. The Morgan fingerprint density at radius 2 is 1.84 bits per heavy atom. The zero-order valence-electron chi connectivity index (χ0n) is 17.0. The number of hydrogen-bond donors (Lipinski definition) is 1. The Kier molecular flexibility index (Phi) is 4.45. The molecule has 0 aliphatic carbocycles. The second-order valence-corrected chi connectivity index (χ2v) is 7.07. The van der Waals surface area contributed by atoms with Gasteiger partial charge in [0.25, 0.3) is 0 Å². The maximum Gasteiger partial charge on any atom is 0.189 e. The highest BCUT2D eigenvalue weighted by atomic mass is 16.5. The number of H-pyrrole nitrogens is 1. The number of aromatic nitrogens is 5. The summed E-state index contributed by atoms with van der Waals surface area (Å²) in [7, 11) is 3.50. The number of aryl methyl sites for hydroxylation is 1. The lowest BCUT2D eigenvalue weighted by atomic mass is 10.0. The SMILES string of the molecule is [C-]#[N+]c1ccc2[nH]c(-c3c(OC)c(-c4ccc(-c5cccnc5)cc4)nn3C)nc2c1. The van der Waals surface area contributed by atoms with E-state index in [4.69, 9.17) is 16.4 Å². The third kappa shape index (κ3) is 3.20. The van der Waals surface area contributed by atoms with Gasteiger partial charge < -0.3 is 9.72 Å². The molecule has 0 spiro atoms. The maximum absolute atomic E-state index is 7.21. The van der Waals surface area contributed by atoms with Gasteiger partial charge in [0.05, 0.1) is 24.7 Å². The normalized spacial score (nSPS) is 10.9. The molecule has 0 bridgehead atoms. The van der Waals surface area contributed by atoms with Gasteiger partial charge in [-0.15, -0.1) is 0 Å². The van der Waals surface area contributed by atoms with E-state index in [2.05, 4.69) is 19.8 Å². The van der Waals surface area contributed by atoms with Crippen LogP contribution in [-0.2, 0) is 7.05 Å². The molecule has 0 amide bonds. The molecule has 3 aromatic heterocycles. The summed E-state index contributed by atoms with van der Waals surface area (Å²) in [5.41, 5.74) is 6.70. The molecule has 3 heterocycles. The van der Waals surface area contributed by atoms with Crippen LogP contribution in [0.25, 0.3) is 49.8 Å². The Balaban J connectivity index is 1.58. The Morgan fingerprint density at radius 1 is 1.03 bits per heavy atom. The highest BCUT2D eigenvalue weighted by Crippen LogP contribution is 2.38. The van der Waals surface area contributed by atoms with Crippen LogP contribution in [0.3, 0.4) is 0 Å². The zero-order valence-corrected chi connectivity index (χ0v) is 17.0. The lowest BCUT2D eigenvalue weighted by molar-refractivity contribution is 0.417. The van der Waals surface area contributed by atoms with Crippen LogP contribution in [0.1, 0.15) is 0 Å². The van der Waals surface area contributed by atoms with Crippen LogP contribution in [0.4, 0.5) is 5.69 Å². The summed E-state index contributed by atoms with van der Waals surface area (Å²) in [5, 5.41) is 4.71. The van der Waals surface area contributed by atoms with Crippen molar-refractivity contribution in [3.63, 3.8) is 0 Å². The van der Waals surface area contributed by atoms with Gasteiger partial charge in [-0.05, 0) is 29.3 Å². The standard InChI is InChI=1S/C24H18N6O/c1-25-18-10-11-19-20(13-18)28-24(27-19)22-23(31-3)21(29-30(22)2)16-8-6-15(7-9-16)17-5-4-12-26-14-17/h4-14H,2-3H3,(H,27,28). The van der Waals surface area contributed by atoms with Crippen LogP contribution in [-0.4, -0.2) is 31.8 Å². The van der Waals surface area contributed by atoms with Gasteiger partial charge in [-0.1, -0.05) is 36.4 Å². The largest absolute Gasteiger partial charge is 0.492 e. The van der Waals surface area contributed by atoms with Crippen molar-refractivity contribution in [2.75, 3.05) is 7.11 Å². The molecule has 0 unspecified atom stereocenters. The molecule has 5 rings (SSSR count). The van der Waals surface area contributed by atoms with E-state index >= 15 is 0 Å². The van der Waals surface area contributed by atoms with Crippen LogP contribution >= 0.6 is 0 Å². The van der Waals surface area contributed by atoms with Crippen molar-refractivity contribution in [2.45, 2.75) is 0 Å². The zero-order chi connectivity index (χ0) is 21.4. The molecular formula is C24H18N6O. The van der Waals surface area contributed by atoms with Gasteiger partial charge >= 0.3 is 0 Å². The molecule has 5 aromatic rings. The van der Waals surface area contributed by atoms with Crippen molar-refractivity contribution in [3.8, 4) is 39.7 Å². The first kappa shape index (κ1) is 18.6. The number of fused-ring (bicyclic) bond motifs is 1. The summed E-state index contributed by atoms with van der Waals surface area (Å²) < 4.78 is 7.52. The number of rotatable bonds is 4. The van der Waals surface area contributed by atoms with E-state index in [0.717, 1.165) is 39.1 Å². The topological polar surface area (TPSA) is 73.0 Å². The molecule has 1 N–H and O–H groups in total. The van der Waals surface area contributed by atoms with Crippen LogP contribution in [0, 0.1) is 6.57 Å². The minimum absolute atomic E-state index is 0.553. The second-order valence-electron chi connectivity index (χ2n) is 7.07. The molecule has 0 fully saturated rings. The van der Waals surface area contributed by atoms with Crippen molar-refractivity contribution >= 4 is 16.7 Å². The summed E-state index contributed by atoms with van der Waals surface area (Å²) >= 11 is 0. The van der Waals surface area contributed by atoms with Crippen LogP contribution in [0.5, 0.6) is 5.75 Å². The van der Waals surface area contributed by atoms with Crippen molar-refractivity contribution in [2.24, 2.45) is 7.05 Å². The van der Waals surface area contributed by atoms with E-state index in [1.807, 2.05) is 55.7 Å². The van der Waals surface area contributed by atoms with Gasteiger partial charge in [-0.2, -0.15) is 5.10 Å². The van der Waals surface area contributed by atoms with Gasteiger partial charge in [0, 0.05) is 25.0 Å². The van der Waals surface area contributed by atoms with E-state index < -0.39 is 0 Å². The first-order chi connectivity index (χ1) is 15.2. The maximum atomic E-state index is 7.21. The van der Waals surface area contributed by atoms with Crippen LogP contribution in [0.15, 0.2) is 67.0 Å². The van der Waals surface area contributed by atoms with Gasteiger partial charge in [-0.3, -0.25) is 9.67 Å². The van der Waals surface area contributed by atoms with Gasteiger partial charge in [0.2, 0.25) is 0 Å². The quantitative estimate of drug-likeness (QED) is 0.414. The van der Waals surface area contributed by atoms with E-state index in [0.29, 0.717) is 17.3 Å². The number of pyridine rings is 1. The Bertz CT molecular complexity index is 1430. The Labute approximate surface area is 178 Å². The fourth-order valence-corrected chi connectivity index (χ4v) is 3.68. The molecule has 7 nitrogen and oxygen atoms in total. The number of methoxy groups -OCH3 is 1. The lowest BCUT2D eigenvalue weighted by Crippen LogP contribution is -1.96. The van der Waals surface area contributed by atoms with Crippen molar-refractivity contribution in [1.82, 2.24) is 24.7 Å². The van der Waals surface area contributed by atoms with Crippen molar-refractivity contribution in [1.29, 1.82) is 0 Å². The number of imidazole rings is 1. The molecule has 0 saturated heterocycles. The highest BCUT2D eigenvalue weighted by Gasteiger charge is 2.22. The molecule has 7 heteroatoms. The summed E-state index contributed by atoms with van der Waals surface area (Å²) in [6, 6.07) is 17.5.